The Labute approximate surface area is 94.1 Å². The standard InChI is InChI=1S/C13H13NO2/c1-9(2)16-12-5-6-13-10(7-12)3-4-11(8-15)14-13/h3-9H,1-2H3. The molecule has 0 N–H and O–H groups in total. The number of carbonyl (C=O) groups is 1. The summed E-state index contributed by atoms with van der Waals surface area (Å²) in [5, 5.41) is 0.976. The van der Waals surface area contributed by atoms with E-state index < -0.39 is 0 Å². The number of hydrogen-bond acceptors (Lipinski definition) is 3. The second-order valence-electron chi connectivity index (χ2n) is 3.88. The van der Waals surface area contributed by atoms with Crippen molar-refractivity contribution in [2.45, 2.75) is 20.0 Å². The smallest absolute Gasteiger partial charge is 0.168 e. The van der Waals surface area contributed by atoms with E-state index in [-0.39, 0.29) is 6.10 Å². The van der Waals surface area contributed by atoms with Gasteiger partial charge in [0.25, 0.3) is 0 Å². The molecule has 1 aromatic heterocycles. The highest BCUT2D eigenvalue weighted by atomic mass is 16.5. The van der Waals surface area contributed by atoms with E-state index in [1.54, 1.807) is 6.07 Å². The molecule has 0 spiro atoms. The zero-order valence-corrected chi connectivity index (χ0v) is 9.31. The van der Waals surface area contributed by atoms with Gasteiger partial charge < -0.3 is 4.74 Å². The van der Waals surface area contributed by atoms with Crippen LogP contribution in [0.5, 0.6) is 5.75 Å². The predicted octanol–water partition coefficient (Wildman–Crippen LogP) is 2.83. The number of benzene rings is 1. The second kappa shape index (κ2) is 4.31. The molecule has 0 bridgehead atoms. The Morgan fingerprint density at radius 3 is 2.75 bits per heavy atom. The van der Waals surface area contributed by atoms with E-state index in [2.05, 4.69) is 4.98 Å². The number of hydrogen-bond donors (Lipinski definition) is 0. The summed E-state index contributed by atoms with van der Waals surface area (Å²) in [7, 11) is 0. The van der Waals surface area contributed by atoms with Gasteiger partial charge in [-0.3, -0.25) is 4.79 Å². The van der Waals surface area contributed by atoms with Crippen LogP contribution in [-0.2, 0) is 0 Å². The zero-order valence-electron chi connectivity index (χ0n) is 9.31. The number of nitrogens with zero attached hydrogens (tertiary/aromatic N) is 1. The summed E-state index contributed by atoms with van der Waals surface area (Å²) in [6, 6.07) is 9.23. The van der Waals surface area contributed by atoms with Crippen LogP contribution in [-0.4, -0.2) is 17.4 Å². The molecule has 0 saturated heterocycles. The van der Waals surface area contributed by atoms with Crippen molar-refractivity contribution in [3.05, 3.63) is 36.0 Å². The normalized spacial score (nSPS) is 10.7. The van der Waals surface area contributed by atoms with Crippen LogP contribution in [0.25, 0.3) is 10.9 Å². The Bertz CT molecular complexity index is 520. The molecular weight excluding hydrogens is 202 g/mol. The van der Waals surface area contributed by atoms with Crippen LogP contribution in [0.2, 0.25) is 0 Å². The van der Waals surface area contributed by atoms with Crippen molar-refractivity contribution in [3.63, 3.8) is 0 Å². The van der Waals surface area contributed by atoms with Crippen LogP contribution in [0.4, 0.5) is 0 Å². The lowest BCUT2D eigenvalue weighted by Gasteiger charge is -2.09. The minimum absolute atomic E-state index is 0.152. The summed E-state index contributed by atoms with van der Waals surface area (Å²) in [6.07, 6.45) is 0.900. The van der Waals surface area contributed by atoms with Crippen LogP contribution in [0.1, 0.15) is 24.3 Å². The molecule has 1 aromatic carbocycles. The molecule has 2 rings (SSSR count). The molecule has 0 aliphatic heterocycles. The first kappa shape index (κ1) is 10.6. The molecule has 0 amide bonds. The summed E-state index contributed by atoms with van der Waals surface area (Å²) in [5.41, 5.74) is 1.26. The Kier molecular flexibility index (Phi) is 2.86. The molecule has 0 atom stereocenters. The van der Waals surface area contributed by atoms with E-state index in [1.807, 2.05) is 38.1 Å². The molecular formula is C13H13NO2. The molecule has 0 aliphatic carbocycles. The van der Waals surface area contributed by atoms with Gasteiger partial charge in [-0.15, -0.1) is 0 Å². The average Bonchev–Trinajstić information content (AvgIpc) is 2.27. The van der Waals surface area contributed by atoms with E-state index in [4.69, 9.17) is 4.74 Å². The number of ether oxygens (including phenoxy) is 1. The maximum absolute atomic E-state index is 10.6. The fourth-order valence-corrected chi connectivity index (χ4v) is 1.53. The molecule has 0 unspecified atom stereocenters. The first-order chi connectivity index (χ1) is 7.69. The number of pyridine rings is 1. The first-order valence-corrected chi connectivity index (χ1v) is 5.21. The highest BCUT2D eigenvalue weighted by Crippen LogP contribution is 2.20. The molecule has 0 fully saturated rings. The Morgan fingerprint density at radius 2 is 2.06 bits per heavy atom. The Balaban J connectivity index is 2.43. The maximum Gasteiger partial charge on any atom is 0.168 e. The van der Waals surface area contributed by atoms with E-state index in [9.17, 15) is 4.79 Å². The highest BCUT2D eigenvalue weighted by molar-refractivity contribution is 5.84. The van der Waals surface area contributed by atoms with E-state index >= 15 is 0 Å². The van der Waals surface area contributed by atoms with Gasteiger partial charge in [-0.2, -0.15) is 0 Å². The van der Waals surface area contributed by atoms with Gasteiger partial charge in [-0.05, 0) is 38.1 Å². The summed E-state index contributed by atoms with van der Waals surface area (Å²) >= 11 is 0. The van der Waals surface area contributed by atoms with E-state index in [0.29, 0.717) is 5.69 Å². The van der Waals surface area contributed by atoms with Crippen molar-refractivity contribution in [2.24, 2.45) is 0 Å². The van der Waals surface area contributed by atoms with Crippen molar-refractivity contribution in [3.8, 4) is 5.75 Å². The van der Waals surface area contributed by atoms with Crippen molar-refractivity contribution < 1.29 is 9.53 Å². The first-order valence-electron chi connectivity index (χ1n) is 5.21. The number of carbonyl (C=O) groups excluding carboxylic acids is 1. The third-order valence-corrected chi connectivity index (χ3v) is 2.17. The minimum Gasteiger partial charge on any atom is -0.491 e. The molecule has 82 valence electrons. The second-order valence-corrected chi connectivity index (χ2v) is 3.88. The minimum atomic E-state index is 0.152. The van der Waals surface area contributed by atoms with Gasteiger partial charge in [-0.1, -0.05) is 6.07 Å². The third kappa shape index (κ3) is 2.19. The van der Waals surface area contributed by atoms with Gasteiger partial charge in [-0.25, -0.2) is 4.98 Å². The number of fused-ring (bicyclic) bond motifs is 1. The molecule has 3 nitrogen and oxygen atoms in total. The van der Waals surface area contributed by atoms with Gasteiger partial charge in [0, 0.05) is 5.39 Å². The lowest BCUT2D eigenvalue weighted by Crippen LogP contribution is -2.05. The van der Waals surface area contributed by atoms with Crippen LogP contribution in [0.3, 0.4) is 0 Å². The topological polar surface area (TPSA) is 39.2 Å². The molecule has 1 heterocycles. The lowest BCUT2D eigenvalue weighted by atomic mass is 10.2. The summed E-state index contributed by atoms with van der Waals surface area (Å²) in [4.78, 5) is 14.8. The fraction of sp³-hybridized carbons (Fsp3) is 0.231. The van der Waals surface area contributed by atoms with Gasteiger partial charge in [0.05, 0.1) is 11.6 Å². The maximum atomic E-state index is 10.6. The summed E-state index contributed by atoms with van der Waals surface area (Å²) in [6.45, 7) is 3.97. The Hall–Kier alpha value is -1.90. The van der Waals surface area contributed by atoms with Crippen LogP contribution >= 0.6 is 0 Å². The van der Waals surface area contributed by atoms with E-state index in [1.165, 1.54) is 0 Å². The lowest BCUT2D eigenvalue weighted by molar-refractivity contribution is 0.111. The number of aldehydes is 1. The van der Waals surface area contributed by atoms with Gasteiger partial charge >= 0.3 is 0 Å². The van der Waals surface area contributed by atoms with Crippen LogP contribution in [0.15, 0.2) is 30.3 Å². The van der Waals surface area contributed by atoms with Gasteiger partial charge in [0.2, 0.25) is 0 Å². The third-order valence-electron chi connectivity index (χ3n) is 2.17. The predicted molar refractivity (Wildman–Crippen MR) is 62.9 cm³/mol. The fourth-order valence-electron chi connectivity index (χ4n) is 1.53. The van der Waals surface area contributed by atoms with Crippen molar-refractivity contribution in [1.29, 1.82) is 0 Å². The summed E-state index contributed by atoms with van der Waals surface area (Å²) in [5.74, 6) is 0.822. The number of rotatable bonds is 3. The summed E-state index contributed by atoms with van der Waals surface area (Å²) < 4.78 is 5.58. The SMILES string of the molecule is CC(C)Oc1ccc2nc(C=O)ccc2c1. The van der Waals surface area contributed by atoms with Crippen molar-refractivity contribution >= 4 is 17.2 Å². The van der Waals surface area contributed by atoms with E-state index in [0.717, 1.165) is 22.9 Å². The van der Waals surface area contributed by atoms with Crippen molar-refractivity contribution in [1.82, 2.24) is 4.98 Å². The zero-order chi connectivity index (χ0) is 11.5. The number of aromatic nitrogens is 1. The molecule has 16 heavy (non-hydrogen) atoms. The molecule has 3 heteroatoms. The van der Waals surface area contributed by atoms with Crippen LogP contribution < -0.4 is 4.74 Å². The van der Waals surface area contributed by atoms with Gasteiger partial charge in [0.15, 0.2) is 6.29 Å². The highest BCUT2D eigenvalue weighted by Gasteiger charge is 2.01. The molecule has 0 radical (unpaired) electrons. The monoisotopic (exact) mass is 215 g/mol. The van der Waals surface area contributed by atoms with Crippen molar-refractivity contribution in [2.75, 3.05) is 0 Å². The quantitative estimate of drug-likeness (QED) is 0.739. The Morgan fingerprint density at radius 1 is 1.25 bits per heavy atom. The molecule has 0 aliphatic rings. The molecule has 2 aromatic rings. The average molecular weight is 215 g/mol. The molecule has 0 saturated carbocycles. The van der Waals surface area contributed by atoms with Gasteiger partial charge in [0.1, 0.15) is 11.4 Å². The largest absolute Gasteiger partial charge is 0.491 e. The van der Waals surface area contributed by atoms with Crippen LogP contribution in [0, 0.1) is 0 Å².